The largest absolute Gasteiger partial charge is 0.389 e. The van der Waals surface area contributed by atoms with Gasteiger partial charge in [0, 0.05) is 31.4 Å². The molecule has 4 nitrogen and oxygen atoms in total. The van der Waals surface area contributed by atoms with Crippen LogP contribution in [0.1, 0.15) is 36.7 Å². The van der Waals surface area contributed by atoms with Gasteiger partial charge >= 0.3 is 0 Å². The van der Waals surface area contributed by atoms with Crippen molar-refractivity contribution < 1.29 is 9.90 Å². The average Bonchev–Trinajstić information content (AvgIpc) is 2.34. The summed E-state index contributed by atoms with van der Waals surface area (Å²) in [6.07, 6.45) is 0. The predicted octanol–water partition coefficient (Wildman–Crippen LogP) is 2.27. The number of amides is 1. The van der Waals surface area contributed by atoms with E-state index in [1.165, 1.54) is 0 Å². The van der Waals surface area contributed by atoms with E-state index < -0.39 is 5.60 Å². The van der Waals surface area contributed by atoms with Gasteiger partial charge in [0.15, 0.2) is 0 Å². The zero-order chi connectivity index (χ0) is 14.6. The number of nitrogens with zero attached hydrogens (tertiary/aromatic N) is 1. The van der Waals surface area contributed by atoms with Gasteiger partial charge in [-0.1, -0.05) is 0 Å². The Labute approximate surface area is 115 Å². The second kappa shape index (κ2) is 6.06. The Morgan fingerprint density at radius 2 is 2.05 bits per heavy atom. The standard InChI is InChI=1S/C15H24N2O2/c1-6-17(10-15(3,4)19)14(18)12-7-8-13(16-5)11(2)9-12/h7-9,16,19H,6,10H2,1-5H3. The van der Waals surface area contributed by atoms with Gasteiger partial charge in [-0.3, -0.25) is 4.79 Å². The summed E-state index contributed by atoms with van der Waals surface area (Å²) in [5, 5.41) is 12.9. The molecule has 0 spiro atoms. The van der Waals surface area contributed by atoms with E-state index in [1.54, 1.807) is 18.7 Å². The van der Waals surface area contributed by atoms with Gasteiger partial charge in [0.25, 0.3) is 5.91 Å². The number of aliphatic hydroxyl groups is 1. The highest BCUT2D eigenvalue weighted by Gasteiger charge is 2.22. The Kier molecular flexibility index (Phi) is 4.95. The second-order valence-electron chi connectivity index (χ2n) is 5.41. The summed E-state index contributed by atoms with van der Waals surface area (Å²) in [4.78, 5) is 14.1. The van der Waals surface area contributed by atoms with Crippen LogP contribution >= 0.6 is 0 Å². The number of hydrogen-bond acceptors (Lipinski definition) is 3. The molecule has 106 valence electrons. The van der Waals surface area contributed by atoms with Gasteiger partial charge in [0.1, 0.15) is 0 Å². The molecular formula is C15H24N2O2. The minimum atomic E-state index is -0.883. The molecule has 1 aromatic rings. The van der Waals surface area contributed by atoms with Crippen molar-refractivity contribution in [2.75, 3.05) is 25.5 Å². The molecule has 0 aliphatic rings. The van der Waals surface area contributed by atoms with E-state index in [0.29, 0.717) is 18.7 Å². The van der Waals surface area contributed by atoms with Crippen LogP contribution in [0.3, 0.4) is 0 Å². The van der Waals surface area contributed by atoms with Crippen molar-refractivity contribution >= 4 is 11.6 Å². The van der Waals surface area contributed by atoms with E-state index in [1.807, 2.05) is 39.1 Å². The maximum absolute atomic E-state index is 12.4. The molecule has 1 aromatic carbocycles. The normalized spacial score (nSPS) is 11.3. The molecule has 0 aliphatic carbocycles. The molecule has 0 radical (unpaired) electrons. The molecule has 0 heterocycles. The molecule has 0 aromatic heterocycles. The smallest absolute Gasteiger partial charge is 0.253 e. The first-order valence-corrected chi connectivity index (χ1v) is 6.58. The van der Waals surface area contributed by atoms with Crippen molar-refractivity contribution in [1.82, 2.24) is 4.90 Å². The van der Waals surface area contributed by atoms with E-state index >= 15 is 0 Å². The Balaban J connectivity index is 2.95. The molecule has 1 amide bonds. The van der Waals surface area contributed by atoms with Crippen LogP contribution in [0.5, 0.6) is 0 Å². The number of nitrogens with one attached hydrogen (secondary N) is 1. The third-order valence-corrected chi connectivity index (χ3v) is 2.99. The van der Waals surface area contributed by atoms with Gasteiger partial charge in [-0.05, 0) is 51.5 Å². The minimum absolute atomic E-state index is 0.0459. The SMILES string of the molecule is CCN(CC(C)(C)O)C(=O)c1ccc(NC)c(C)c1. The lowest BCUT2D eigenvalue weighted by atomic mass is 10.1. The van der Waals surface area contributed by atoms with Gasteiger partial charge in [-0.2, -0.15) is 0 Å². The molecule has 0 fully saturated rings. The number of carbonyl (C=O) groups is 1. The maximum Gasteiger partial charge on any atom is 0.253 e. The number of carbonyl (C=O) groups excluding carboxylic acids is 1. The number of rotatable bonds is 5. The van der Waals surface area contributed by atoms with E-state index in [4.69, 9.17) is 0 Å². The topological polar surface area (TPSA) is 52.6 Å². The number of benzene rings is 1. The first kappa shape index (κ1) is 15.5. The highest BCUT2D eigenvalue weighted by molar-refractivity contribution is 5.95. The molecule has 19 heavy (non-hydrogen) atoms. The summed E-state index contributed by atoms with van der Waals surface area (Å²) in [7, 11) is 1.86. The zero-order valence-corrected chi connectivity index (χ0v) is 12.4. The molecule has 0 aliphatic heterocycles. The predicted molar refractivity (Wildman–Crippen MR) is 78.6 cm³/mol. The Morgan fingerprint density at radius 3 is 2.47 bits per heavy atom. The van der Waals surface area contributed by atoms with Crippen LogP contribution in [-0.2, 0) is 0 Å². The van der Waals surface area contributed by atoms with E-state index in [0.717, 1.165) is 11.3 Å². The van der Waals surface area contributed by atoms with Crippen LogP contribution in [0.2, 0.25) is 0 Å². The Bertz CT molecular complexity index is 450. The molecule has 0 saturated heterocycles. The molecule has 1 rings (SSSR count). The quantitative estimate of drug-likeness (QED) is 0.858. The van der Waals surface area contributed by atoms with Crippen molar-refractivity contribution in [3.05, 3.63) is 29.3 Å². The Morgan fingerprint density at radius 1 is 1.42 bits per heavy atom. The van der Waals surface area contributed by atoms with Crippen LogP contribution < -0.4 is 5.32 Å². The fraction of sp³-hybridized carbons (Fsp3) is 0.533. The number of anilines is 1. The summed E-state index contributed by atoms with van der Waals surface area (Å²) in [6.45, 7) is 8.20. The summed E-state index contributed by atoms with van der Waals surface area (Å²) >= 11 is 0. The number of likely N-dealkylation sites (N-methyl/N-ethyl adjacent to an activating group) is 1. The highest BCUT2D eigenvalue weighted by Crippen LogP contribution is 2.18. The summed E-state index contributed by atoms with van der Waals surface area (Å²) < 4.78 is 0. The fourth-order valence-electron chi connectivity index (χ4n) is 2.05. The van der Waals surface area contributed by atoms with E-state index in [9.17, 15) is 9.90 Å². The fourth-order valence-corrected chi connectivity index (χ4v) is 2.05. The van der Waals surface area contributed by atoms with Crippen molar-refractivity contribution in [3.63, 3.8) is 0 Å². The average molecular weight is 264 g/mol. The van der Waals surface area contributed by atoms with Gasteiger partial charge in [0.2, 0.25) is 0 Å². The summed E-state index contributed by atoms with van der Waals surface area (Å²) in [5.41, 5.74) is 1.82. The zero-order valence-electron chi connectivity index (χ0n) is 12.4. The first-order valence-electron chi connectivity index (χ1n) is 6.58. The van der Waals surface area contributed by atoms with Crippen LogP contribution in [0, 0.1) is 6.92 Å². The lowest BCUT2D eigenvalue weighted by Gasteiger charge is -2.28. The molecule has 0 unspecified atom stereocenters. The molecule has 2 N–H and O–H groups in total. The second-order valence-corrected chi connectivity index (χ2v) is 5.41. The summed E-state index contributed by atoms with van der Waals surface area (Å²) in [6, 6.07) is 5.59. The Hall–Kier alpha value is -1.55. The van der Waals surface area contributed by atoms with Crippen LogP contribution in [0.4, 0.5) is 5.69 Å². The molecule has 0 bridgehead atoms. The molecule has 4 heteroatoms. The third-order valence-electron chi connectivity index (χ3n) is 2.99. The molecule has 0 atom stereocenters. The van der Waals surface area contributed by atoms with Gasteiger partial charge in [-0.15, -0.1) is 0 Å². The highest BCUT2D eigenvalue weighted by atomic mass is 16.3. The maximum atomic E-state index is 12.4. The van der Waals surface area contributed by atoms with Crippen molar-refractivity contribution in [2.45, 2.75) is 33.3 Å². The van der Waals surface area contributed by atoms with E-state index in [-0.39, 0.29) is 5.91 Å². The van der Waals surface area contributed by atoms with Gasteiger partial charge in [-0.25, -0.2) is 0 Å². The van der Waals surface area contributed by atoms with E-state index in [2.05, 4.69) is 5.32 Å². The van der Waals surface area contributed by atoms with Gasteiger partial charge in [0.05, 0.1) is 5.60 Å². The molecule has 0 saturated carbocycles. The molecular weight excluding hydrogens is 240 g/mol. The minimum Gasteiger partial charge on any atom is -0.389 e. The monoisotopic (exact) mass is 264 g/mol. The first-order chi connectivity index (χ1) is 8.78. The number of aryl methyl sites for hydroxylation is 1. The lowest BCUT2D eigenvalue weighted by molar-refractivity contribution is 0.0314. The van der Waals surface area contributed by atoms with Gasteiger partial charge < -0.3 is 15.3 Å². The van der Waals surface area contributed by atoms with Crippen LogP contribution in [0.15, 0.2) is 18.2 Å². The van der Waals surface area contributed by atoms with Crippen molar-refractivity contribution in [2.24, 2.45) is 0 Å². The lowest BCUT2D eigenvalue weighted by Crippen LogP contribution is -2.42. The van der Waals surface area contributed by atoms with Crippen LogP contribution in [0.25, 0.3) is 0 Å². The third kappa shape index (κ3) is 4.24. The van der Waals surface area contributed by atoms with Crippen LogP contribution in [-0.4, -0.2) is 41.7 Å². The van der Waals surface area contributed by atoms with Crippen molar-refractivity contribution in [1.29, 1.82) is 0 Å². The number of hydrogen-bond donors (Lipinski definition) is 2. The van der Waals surface area contributed by atoms with Crippen molar-refractivity contribution in [3.8, 4) is 0 Å². The summed E-state index contributed by atoms with van der Waals surface area (Å²) in [5.74, 6) is -0.0459.